The number of anilines is 1. The standard InChI is InChI=1S/C14H18ClNO2/c1-18-14-5-2-9(15)6-13(14)16-10-3-4-11(16)8-12(17)7-10/h2,5-6,10-12,17H,3-4,7-8H2,1H3. The maximum Gasteiger partial charge on any atom is 0.142 e. The molecule has 2 heterocycles. The largest absolute Gasteiger partial charge is 0.495 e. The van der Waals surface area contributed by atoms with Crippen molar-refractivity contribution in [3.8, 4) is 5.75 Å². The van der Waals surface area contributed by atoms with E-state index in [0.717, 1.165) is 42.1 Å². The lowest BCUT2D eigenvalue weighted by Crippen LogP contribution is -2.44. The molecule has 2 unspecified atom stereocenters. The Kier molecular flexibility index (Phi) is 3.12. The van der Waals surface area contributed by atoms with E-state index in [1.165, 1.54) is 0 Å². The van der Waals surface area contributed by atoms with Crippen LogP contribution in [0.3, 0.4) is 0 Å². The number of piperidine rings is 1. The lowest BCUT2D eigenvalue weighted by molar-refractivity contribution is 0.126. The molecule has 2 aliphatic rings. The van der Waals surface area contributed by atoms with Crippen LogP contribution in [0.15, 0.2) is 18.2 Å². The van der Waals surface area contributed by atoms with Crippen molar-refractivity contribution in [3.63, 3.8) is 0 Å². The molecule has 0 radical (unpaired) electrons. The lowest BCUT2D eigenvalue weighted by Gasteiger charge is -2.39. The third-order valence-electron chi connectivity index (χ3n) is 4.13. The van der Waals surface area contributed by atoms with Gasteiger partial charge in [-0.2, -0.15) is 0 Å². The fraction of sp³-hybridized carbons (Fsp3) is 0.571. The highest BCUT2D eigenvalue weighted by atomic mass is 35.5. The van der Waals surface area contributed by atoms with Crippen LogP contribution in [-0.4, -0.2) is 30.4 Å². The van der Waals surface area contributed by atoms with Crippen molar-refractivity contribution in [2.24, 2.45) is 0 Å². The Morgan fingerprint density at radius 3 is 2.56 bits per heavy atom. The average molecular weight is 268 g/mol. The summed E-state index contributed by atoms with van der Waals surface area (Å²) in [7, 11) is 1.69. The highest BCUT2D eigenvalue weighted by molar-refractivity contribution is 6.30. The minimum absolute atomic E-state index is 0.149. The molecule has 0 aliphatic carbocycles. The smallest absolute Gasteiger partial charge is 0.142 e. The summed E-state index contributed by atoms with van der Waals surface area (Å²) in [6.45, 7) is 0. The van der Waals surface area contributed by atoms with Crippen molar-refractivity contribution in [3.05, 3.63) is 23.2 Å². The molecule has 2 fully saturated rings. The van der Waals surface area contributed by atoms with Gasteiger partial charge in [0.1, 0.15) is 5.75 Å². The molecule has 3 rings (SSSR count). The van der Waals surface area contributed by atoms with E-state index in [-0.39, 0.29) is 6.10 Å². The molecule has 0 saturated carbocycles. The zero-order chi connectivity index (χ0) is 12.7. The van der Waals surface area contributed by atoms with Crippen LogP contribution in [0.1, 0.15) is 25.7 Å². The van der Waals surface area contributed by atoms with E-state index in [1.807, 2.05) is 18.2 Å². The Labute approximate surface area is 112 Å². The topological polar surface area (TPSA) is 32.7 Å². The van der Waals surface area contributed by atoms with Crippen molar-refractivity contribution in [2.75, 3.05) is 12.0 Å². The summed E-state index contributed by atoms with van der Waals surface area (Å²) in [4.78, 5) is 2.40. The van der Waals surface area contributed by atoms with Crippen LogP contribution in [0, 0.1) is 0 Å². The summed E-state index contributed by atoms with van der Waals surface area (Å²) in [5, 5.41) is 10.6. The van der Waals surface area contributed by atoms with Gasteiger partial charge in [0.15, 0.2) is 0 Å². The summed E-state index contributed by atoms with van der Waals surface area (Å²) < 4.78 is 5.44. The first kappa shape index (κ1) is 12.1. The molecule has 2 aliphatic heterocycles. The van der Waals surface area contributed by atoms with Gasteiger partial charge < -0.3 is 14.7 Å². The number of nitrogens with zero attached hydrogens (tertiary/aromatic N) is 1. The van der Waals surface area contributed by atoms with Gasteiger partial charge in [-0.3, -0.25) is 0 Å². The number of ether oxygens (including phenoxy) is 1. The molecule has 3 nitrogen and oxygen atoms in total. The van der Waals surface area contributed by atoms with Gasteiger partial charge in [0.25, 0.3) is 0 Å². The first-order chi connectivity index (χ1) is 8.69. The number of hydrogen-bond donors (Lipinski definition) is 1. The molecule has 2 atom stereocenters. The Balaban J connectivity index is 1.98. The zero-order valence-corrected chi connectivity index (χ0v) is 11.2. The second-order valence-electron chi connectivity index (χ2n) is 5.23. The highest BCUT2D eigenvalue weighted by Crippen LogP contribution is 2.43. The van der Waals surface area contributed by atoms with Crippen LogP contribution < -0.4 is 9.64 Å². The zero-order valence-electron chi connectivity index (χ0n) is 10.5. The summed E-state index contributed by atoms with van der Waals surface area (Å²) in [6, 6.07) is 6.59. The summed E-state index contributed by atoms with van der Waals surface area (Å²) in [5.41, 5.74) is 1.07. The third kappa shape index (κ3) is 1.95. The van der Waals surface area contributed by atoms with Crippen LogP contribution in [0.5, 0.6) is 5.75 Å². The Hall–Kier alpha value is -0.930. The number of halogens is 1. The van der Waals surface area contributed by atoms with E-state index in [1.54, 1.807) is 7.11 Å². The minimum Gasteiger partial charge on any atom is -0.495 e. The van der Waals surface area contributed by atoms with Crippen LogP contribution in [0.2, 0.25) is 5.02 Å². The normalized spacial score (nSPS) is 30.6. The van der Waals surface area contributed by atoms with Crippen molar-refractivity contribution in [2.45, 2.75) is 43.9 Å². The van der Waals surface area contributed by atoms with Gasteiger partial charge in [0, 0.05) is 17.1 Å². The van der Waals surface area contributed by atoms with Crippen molar-refractivity contribution in [1.82, 2.24) is 0 Å². The lowest BCUT2D eigenvalue weighted by atomic mass is 9.99. The van der Waals surface area contributed by atoms with Crippen LogP contribution in [-0.2, 0) is 0 Å². The fourth-order valence-electron chi connectivity index (χ4n) is 3.41. The predicted molar refractivity (Wildman–Crippen MR) is 72.5 cm³/mol. The number of aliphatic hydroxyl groups is 1. The molecule has 18 heavy (non-hydrogen) atoms. The molecule has 98 valence electrons. The monoisotopic (exact) mass is 267 g/mol. The minimum atomic E-state index is -0.149. The molecule has 0 spiro atoms. The van der Waals surface area contributed by atoms with E-state index in [4.69, 9.17) is 16.3 Å². The Morgan fingerprint density at radius 2 is 1.94 bits per heavy atom. The average Bonchev–Trinajstić information content (AvgIpc) is 2.61. The van der Waals surface area contributed by atoms with E-state index < -0.39 is 0 Å². The number of rotatable bonds is 2. The Bertz CT molecular complexity index is 437. The van der Waals surface area contributed by atoms with Crippen LogP contribution in [0.4, 0.5) is 5.69 Å². The molecular weight excluding hydrogens is 250 g/mol. The summed E-state index contributed by atoms with van der Waals surface area (Å²) >= 11 is 6.11. The van der Waals surface area contributed by atoms with Gasteiger partial charge in [-0.05, 0) is 43.9 Å². The van der Waals surface area contributed by atoms with Gasteiger partial charge >= 0.3 is 0 Å². The SMILES string of the molecule is COc1ccc(Cl)cc1N1C2CCC1CC(O)C2. The molecule has 1 N–H and O–H groups in total. The molecule has 2 bridgehead atoms. The van der Waals surface area contributed by atoms with Crippen LogP contribution in [0.25, 0.3) is 0 Å². The van der Waals surface area contributed by atoms with Crippen LogP contribution >= 0.6 is 11.6 Å². The van der Waals surface area contributed by atoms with Crippen molar-refractivity contribution in [1.29, 1.82) is 0 Å². The van der Waals surface area contributed by atoms with Crippen molar-refractivity contribution >= 4 is 17.3 Å². The van der Waals surface area contributed by atoms with E-state index >= 15 is 0 Å². The molecule has 0 amide bonds. The number of fused-ring (bicyclic) bond motifs is 2. The van der Waals surface area contributed by atoms with Gasteiger partial charge in [0.2, 0.25) is 0 Å². The van der Waals surface area contributed by atoms with E-state index in [0.29, 0.717) is 12.1 Å². The van der Waals surface area contributed by atoms with Gasteiger partial charge in [0.05, 0.1) is 18.9 Å². The van der Waals surface area contributed by atoms with E-state index in [2.05, 4.69) is 4.90 Å². The summed E-state index contributed by atoms with van der Waals surface area (Å²) in [5.74, 6) is 0.868. The molecule has 1 aromatic rings. The number of methoxy groups -OCH3 is 1. The van der Waals surface area contributed by atoms with Gasteiger partial charge in [-0.25, -0.2) is 0 Å². The molecular formula is C14H18ClNO2. The third-order valence-corrected chi connectivity index (χ3v) is 4.36. The quantitative estimate of drug-likeness (QED) is 0.894. The molecule has 4 heteroatoms. The van der Waals surface area contributed by atoms with Gasteiger partial charge in [-0.1, -0.05) is 11.6 Å². The number of hydrogen-bond acceptors (Lipinski definition) is 3. The maximum atomic E-state index is 9.85. The first-order valence-corrected chi connectivity index (χ1v) is 6.87. The van der Waals surface area contributed by atoms with Crippen molar-refractivity contribution < 1.29 is 9.84 Å². The van der Waals surface area contributed by atoms with E-state index in [9.17, 15) is 5.11 Å². The molecule has 0 aromatic heterocycles. The highest BCUT2D eigenvalue weighted by Gasteiger charge is 2.41. The summed E-state index contributed by atoms with van der Waals surface area (Å²) in [6.07, 6.45) is 3.86. The molecule has 2 saturated heterocycles. The number of aliphatic hydroxyl groups excluding tert-OH is 1. The maximum absolute atomic E-state index is 9.85. The second-order valence-corrected chi connectivity index (χ2v) is 5.67. The Morgan fingerprint density at radius 1 is 1.28 bits per heavy atom. The number of benzene rings is 1. The predicted octanol–water partition coefficient (Wildman–Crippen LogP) is 2.84. The first-order valence-electron chi connectivity index (χ1n) is 6.49. The molecule has 1 aromatic carbocycles. The van der Waals surface area contributed by atoms with Gasteiger partial charge in [-0.15, -0.1) is 0 Å². The second kappa shape index (κ2) is 4.63. The fourth-order valence-corrected chi connectivity index (χ4v) is 3.57.